The van der Waals surface area contributed by atoms with Crippen LogP contribution in [0.15, 0.2) is 221 Å². The van der Waals surface area contributed by atoms with Crippen molar-refractivity contribution in [2.45, 2.75) is 5.41 Å². The van der Waals surface area contributed by atoms with Crippen molar-refractivity contribution < 1.29 is 8.83 Å². The van der Waals surface area contributed by atoms with Crippen molar-refractivity contribution in [2.75, 3.05) is 4.90 Å². The van der Waals surface area contributed by atoms with Crippen LogP contribution in [0.2, 0.25) is 0 Å². The molecule has 0 saturated heterocycles. The second-order valence-electron chi connectivity index (χ2n) is 15.2. The van der Waals surface area contributed by atoms with Gasteiger partial charge in [0.05, 0.1) is 5.41 Å². The molecule has 1 aliphatic carbocycles. The predicted molar refractivity (Wildman–Crippen MR) is 238 cm³/mol. The van der Waals surface area contributed by atoms with Gasteiger partial charge in [0.25, 0.3) is 0 Å². The summed E-state index contributed by atoms with van der Waals surface area (Å²) in [5.74, 6) is 0. The minimum Gasteiger partial charge on any atom is -0.456 e. The molecule has 11 aromatic rings. The Balaban J connectivity index is 1.06. The molecule has 1 aliphatic rings. The number of fused-ring (bicyclic) bond motifs is 9. The van der Waals surface area contributed by atoms with Gasteiger partial charge in [0, 0.05) is 44.2 Å². The molecule has 0 amide bonds. The van der Waals surface area contributed by atoms with E-state index in [1.54, 1.807) is 0 Å². The van der Waals surface area contributed by atoms with Crippen molar-refractivity contribution in [1.29, 1.82) is 0 Å². The van der Waals surface area contributed by atoms with Gasteiger partial charge in [-0.3, -0.25) is 0 Å². The minimum atomic E-state index is -0.467. The van der Waals surface area contributed by atoms with Crippen LogP contribution in [0.5, 0.6) is 0 Å². The minimum absolute atomic E-state index is 0.467. The second kappa shape index (κ2) is 12.7. The van der Waals surface area contributed by atoms with Crippen LogP contribution < -0.4 is 4.90 Å². The average Bonchev–Trinajstić information content (AvgIpc) is 3.96. The number of hydrogen-bond acceptors (Lipinski definition) is 3. The summed E-state index contributed by atoms with van der Waals surface area (Å²) in [7, 11) is 0. The van der Waals surface area contributed by atoms with E-state index in [9.17, 15) is 0 Å². The van der Waals surface area contributed by atoms with Crippen molar-refractivity contribution in [3.63, 3.8) is 0 Å². The molecule has 3 nitrogen and oxygen atoms in total. The third-order valence-electron chi connectivity index (χ3n) is 12.2. The zero-order valence-electron chi connectivity index (χ0n) is 31.5. The number of nitrogens with zero attached hydrogens (tertiary/aromatic N) is 1. The number of anilines is 3. The van der Waals surface area contributed by atoms with Gasteiger partial charge in [0.1, 0.15) is 22.3 Å². The van der Waals surface area contributed by atoms with Gasteiger partial charge in [-0.25, -0.2) is 0 Å². The number of benzene rings is 9. The lowest BCUT2D eigenvalue weighted by atomic mass is 9.68. The fraction of sp³-hybridized carbons (Fsp3) is 0.0182. The first-order chi connectivity index (χ1) is 28.8. The molecule has 58 heavy (non-hydrogen) atoms. The monoisotopic (exact) mass is 741 g/mol. The molecule has 0 bridgehead atoms. The number of rotatable bonds is 6. The van der Waals surface area contributed by atoms with E-state index in [0.29, 0.717) is 0 Å². The van der Waals surface area contributed by atoms with Crippen LogP contribution in [0.25, 0.3) is 66.1 Å². The van der Waals surface area contributed by atoms with Crippen LogP contribution >= 0.6 is 0 Å². The van der Waals surface area contributed by atoms with Crippen LogP contribution in [0.4, 0.5) is 17.1 Å². The standard InChI is InChI=1S/C55H35NO2/c1-3-14-37(15-4-1)55(38-16-5-2-6-17-38)49-23-10-7-18-43(49)47-34-40(30-32-50(47)55)56(41-31-33-53-48(35-41)45-20-9-11-24-51(45)57-53)39-28-26-36(27-29-39)42-21-13-22-46-44-19-8-12-25-52(44)58-54(42)46/h1-35H. The van der Waals surface area contributed by atoms with Gasteiger partial charge < -0.3 is 13.7 Å². The summed E-state index contributed by atoms with van der Waals surface area (Å²) < 4.78 is 12.8. The molecule has 0 spiro atoms. The smallest absolute Gasteiger partial charge is 0.143 e. The van der Waals surface area contributed by atoms with E-state index in [1.165, 1.54) is 33.4 Å². The lowest BCUT2D eigenvalue weighted by Gasteiger charge is -2.34. The van der Waals surface area contributed by atoms with Gasteiger partial charge >= 0.3 is 0 Å². The predicted octanol–water partition coefficient (Wildman–Crippen LogP) is 15.0. The Hall–Kier alpha value is -7.62. The lowest BCUT2D eigenvalue weighted by Crippen LogP contribution is -2.28. The Morgan fingerprint density at radius 2 is 0.862 bits per heavy atom. The molecule has 9 aromatic carbocycles. The Labute approximate surface area is 335 Å². The molecule has 0 radical (unpaired) electrons. The molecule has 2 aromatic heterocycles. The number of hydrogen-bond donors (Lipinski definition) is 0. The van der Waals surface area contributed by atoms with E-state index in [0.717, 1.165) is 72.1 Å². The highest BCUT2D eigenvalue weighted by atomic mass is 16.3. The summed E-state index contributed by atoms with van der Waals surface area (Å²) in [5, 5.41) is 4.45. The molecule has 0 fully saturated rings. The topological polar surface area (TPSA) is 29.5 Å². The van der Waals surface area contributed by atoms with E-state index in [-0.39, 0.29) is 0 Å². The van der Waals surface area contributed by atoms with Crippen molar-refractivity contribution in [3.8, 4) is 22.3 Å². The molecule has 0 saturated carbocycles. The van der Waals surface area contributed by atoms with Crippen LogP contribution in [-0.4, -0.2) is 0 Å². The molecular weight excluding hydrogens is 707 g/mol. The summed E-state index contributed by atoms with van der Waals surface area (Å²) in [5.41, 5.74) is 16.0. The fourth-order valence-electron chi connectivity index (χ4n) is 9.64. The summed E-state index contributed by atoms with van der Waals surface area (Å²) >= 11 is 0. The van der Waals surface area contributed by atoms with Crippen LogP contribution in [0.3, 0.4) is 0 Å². The van der Waals surface area contributed by atoms with Gasteiger partial charge in [-0.2, -0.15) is 0 Å². The van der Waals surface area contributed by atoms with Crippen molar-refractivity contribution >= 4 is 60.9 Å². The van der Waals surface area contributed by atoms with Crippen LogP contribution in [0, 0.1) is 0 Å². The van der Waals surface area contributed by atoms with Gasteiger partial charge in [-0.1, -0.05) is 158 Å². The Kier molecular flexibility index (Phi) is 7.14. The normalized spacial score (nSPS) is 13.0. The van der Waals surface area contributed by atoms with E-state index in [1.807, 2.05) is 24.3 Å². The van der Waals surface area contributed by atoms with E-state index >= 15 is 0 Å². The molecule has 12 rings (SSSR count). The van der Waals surface area contributed by atoms with E-state index in [2.05, 4.69) is 193 Å². The largest absolute Gasteiger partial charge is 0.456 e. The van der Waals surface area contributed by atoms with Crippen LogP contribution in [0.1, 0.15) is 22.3 Å². The Bertz CT molecular complexity index is 3300. The molecule has 0 unspecified atom stereocenters. The number of furan rings is 2. The van der Waals surface area contributed by atoms with Crippen LogP contribution in [-0.2, 0) is 5.41 Å². The van der Waals surface area contributed by atoms with Crippen molar-refractivity contribution in [3.05, 3.63) is 235 Å². The van der Waals surface area contributed by atoms with Gasteiger partial charge in [0.15, 0.2) is 0 Å². The van der Waals surface area contributed by atoms with Gasteiger partial charge in [-0.15, -0.1) is 0 Å². The molecule has 0 N–H and O–H groups in total. The zero-order chi connectivity index (χ0) is 38.2. The molecule has 272 valence electrons. The quantitative estimate of drug-likeness (QED) is 0.170. The molecule has 3 heteroatoms. The Morgan fingerprint density at radius 3 is 1.62 bits per heavy atom. The maximum absolute atomic E-state index is 6.46. The van der Waals surface area contributed by atoms with Crippen molar-refractivity contribution in [1.82, 2.24) is 0 Å². The highest BCUT2D eigenvalue weighted by Crippen LogP contribution is 2.57. The second-order valence-corrected chi connectivity index (χ2v) is 15.2. The maximum atomic E-state index is 6.46. The maximum Gasteiger partial charge on any atom is 0.143 e. The molecule has 0 aliphatic heterocycles. The first kappa shape index (κ1) is 32.6. The van der Waals surface area contributed by atoms with E-state index in [4.69, 9.17) is 8.83 Å². The first-order valence-electron chi connectivity index (χ1n) is 19.8. The van der Waals surface area contributed by atoms with Gasteiger partial charge in [0.2, 0.25) is 0 Å². The fourth-order valence-corrected chi connectivity index (χ4v) is 9.64. The molecule has 2 heterocycles. The highest BCUT2D eigenvalue weighted by molar-refractivity contribution is 6.10. The lowest BCUT2D eigenvalue weighted by molar-refractivity contribution is 0.669. The summed E-state index contributed by atoms with van der Waals surface area (Å²) in [4.78, 5) is 2.38. The third-order valence-corrected chi connectivity index (χ3v) is 12.2. The summed E-state index contributed by atoms with van der Waals surface area (Å²) in [6.07, 6.45) is 0. The first-order valence-corrected chi connectivity index (χ1v) is 19.8. The third kappa shape index (κ3) is 4.74. The summed E-state index contributed by atoms with van der Waals surface area (Å²) in [6.45, 7) is 0. The van der Waals surface area contributed by atoms with Gasteiger partial charge in [-0.05, 0) is 93.5 Å². The average molecular weight is 742 g/mol. The highest BCUT2D eigenvalue weighted by Gasteiger charge is 2.46. The molecule has 0 atom stereocenters. The Morgan fingerprint density at radius 1 is 0.328 bits per heavy atom. The zero-order valence-corrected chi connectivity index (χ0v) is 31.5. The summed E-state index contributed by atoms with van der Waals surface area (Å²) in [6, 6.07) is 76.3. The SMILES string of the molecule is c1ccc(C2(c3ccccc3)c3ccccc3-c3cc(N(c4ccc(-c5cccc6c5oc5ccccc56)cc4)c4ccc5oc6ccccc6c5c4)ccc32)cc1. The van der Waals surface area contributed by atoms with Crippen molar-refractivity contribution in [2.24, 2.45) is 0 Å². The molecular formula is C55H35NO2. The number of para-hydroxylation sites is 3. The van der Waals surface area contributed by atoms with E-state index < -0.39 is 5.41 Å².